The zero-order valence-corrected chi connectivity index (χ0v) is 17.9. The van der Waals surface area contributed by atoms with Crippen LogP contribution < -0.4 is 0 Å². The highest BCUT2D eigenvalue weighted by Crippen LogP contribution is 2.51. The molecule has 3 fully saturated rings. The Balaban J connectivity index is 1.34. The summed E-state index contributed by atoms with van der Waals surface area (Å²) in [6, 6.07) is 9.51. The van der Waals surface area contributed by atoms with Crippen molar-refractivity contribution in [1.82, 2.24) is 14.7 Å². The third kappa shape index (κ3) is 4.18. The van der Waals surface area contributed by atoms with E-state index in [-0.39, 0.29) is 24.5 Å². The van der Waals surface area contributed by atoms with Gasteiger partial charge in [-0.1, -0.05) is 43.2 Å². The highest BCUT2D eigenvalue weighted by Gasteiger charge is 2.55. The van der Waals surface area contributed by atoms with Gasteiger partial charge >= 0.3 is 6.09 Å². The Labute approximate surface area is 178 Å². The van der Waals surface area contributed by atoms with Crippen molar-refractivity contribution in [1.29, 1.82) is 0 Å². The minimum Gasteiger partial charge on any atom is -0.445 e. The molecular weight excluding hydrogens is 382 g/mol. The molecule has 0 radical (unpaired) electrons. The van der Waals surface area contributed by atoms with Gasteiger partial charge in [0.05, 0.1) is 12.1 Å². The fraction of sp³-hybridized carbons (Fsp3) is 0.652. The molecule has 1 aromatic carbocycles. The third-order valence-electron chi connectivity index (χ3n) is 7.26. The van der Waals surface area contributed by atoms with E-state index in [1.165, 1.54) is 4.90 Å². The maximum Gasteiger partial charge on any atom is 0.410 e. The molecule has 3 aliphatic rings. The van der Waals surface area contributed by atoms with Gasteiger partial charge in [-0.2, -0.15) is 0 Å². The van der Waals surface area contributed by atoms with Gasteiger partial charge in [0.1, 0.15) is 13.2 Å². The second-order valence-electron chi connectivity index (χ2n) is 9.28. The van der Waals surface area contributed by atoms with Gasteiger partial charge in [-0.05, 0) is 31.9 Å². The van der Waals surface area contributed by atoms with Gasteiger partial charge in [-0.25, -0.2) is 4.79 Å². The zero-order valence-electron chi connectivity index (χ0n) is 17.9. The van der Waals surface area contributed by atoms with Gasteiger partial charge in [-0.15, -0.1) is 0 Å². The number of rotatable bonds is 4. The smallest absolute Gasteiger partial charge is 0.410 e. The third-order valence-corrected chi connectivity index (χ3v) is 7.26. The van der Waals surface area contributed by atoms with E-state index in [2.05, 4.69) is 11.9 Å². The van der Waals surface area contributed by atoms with Crippen molar-refractivity contribution in [3.05, 3.63) is 35.9 Å². The second kappa shape index (κ2) is 8.55. The van der Waals surface area contributed by atoms with E-state index in [4.69, 9.17) is 4.74 Å². The summed E-state index contributed by atoms with van der Waals surface area (Å²) in [5.41, 5.74) is -0.0459. The lowest BCUT2D eigenvalue weighted by molar-refractivity contribution is -0.160. The number of carbonyl (C=O) groups is 2. The SMILES string of the molecule is CN1CCC(O)(CN2CCN(C(=O)OCc3ccccc3)CC2=O)C2(CCCC2)C1. The fourth-order valence-corrected chi connectivity index (χ4v) is 5.46. The summed E-state index contributed by atoms with van der Waals surface area (Å²) in [4.78, 5) is 30.7. The first-order valence-electron chi connectivity index (χ1n) is 11.1. The second-order valence-corrected chi connectivity index (χ2v) is 9.28. The Morgan fingerprint density at radius 2 is 1.83 bits per heavy atom. The number of ether oxygens (including phenoxy) is 1. The van der Waals surface area contributed by atoms with Crippen molar-refractivity contribution in [3.8, 4) is 0 Å². The number of likely N-dealkylation sites (tertiary alicyclic amines) is 1. The predicted molar refractivity (Wildman–Crippen MR) is 113 cm³/mol. The quantitative estimate of drug-likeness (QED) is 0.815. The summed E-state index contributed by atoms with van der Waals surface area (Å²) in [5.74, 6) is -0.113. The summed E-state index contributed by atoms with van der Waals surface area (Å²) in [6.45, 7) is 3.19. The monoisotopic (exact) mass is 415 g/mol. The van der Waals surface area contributed by atoms with Crippen LogP contribution in [0.1, 0.15) is 37.7 Å². The van der Waals surface area contributed by atoms with Crippen molar-refractivity contribution in [3.63, 3.8) is 0 Å². The van der Waals surface area contributed by atoms with Crippen molar-refractivity contribution in [2.45, 2.75) is 44.3 Å². The first kappa shape index (κ1) is 21.1. The molecule has 7 heteroatoms. The molecule has 4 rings (SSSR count). The summed E-state index contributed by atoms with van der Waals surface area (Å²) >= 11 is 0. The lowest BCUT2D eigenvalue weighted by Crippen LogP contribution is -2.65. The summed E-state index contributed by atoms with van der Waals surface area (Å²) < 4.78 is 5.37. The van der Waals surface area contributed by atoms with Gasteiger partial charge in [0.2, 0.25) is 5.91 Å². The molecule has 1 atom stereocenters. The molecule has 1 spiro atoms. The number of hydrogen-bond donors (Lipinski definition) is 1. The van der Waals surface area contributed by atoms with E-state index < -0.39 is 11.7 Å². The van der Waals surface area contributed by atoms with E-state index in [1.807, 2.05) is 30.3 Å². The summed E-state index contributed by atoms with van der Waals surface area (Å²) in [5, 5.41) is 11.7. The standard InChI is InChI=1S/C23H33N3O4/c1-24-12-11-23(29,22(17-24)9-5-6-10-22)18-26-14-13-25(15-20(26)27)21(28)30-16-19-7-3-2-4-8-19/h2-4,7-8,29H,5-6,9-18H2,1H3. The predicted octanol–water partition coefficient (Wildman–Crippen LogP) is 2.09. The fourth-order valence-electron chi connectivity index (χ4n) is 5.46. The van der Waals surface area contributed by atoms with Crippen LogP contribution in [0.4, 0.5) is 4.79 Å². The molecule has 1 saturated carbocycles. The van der Waals surface area contributed by atoms with Crippen LogP contribution in [-0.2, 0) is 16.1 Å². The van der Waals surface area contributed by atoms with E-state index in [9.17, 15) is 14.7 Å². The van der Waals surface area contributed by atoms with E-state index in [0.29, 0.717) is 26.1 Å². The van der Waals surface area contributed by atoms with Crippen molar-refractivity contribution < 1.29 is 19.4 Å². The Morgan fingerprint density at radius 1 is 1.10 bits per heavy atom. The van der Waals surface area contributed by atoms with Crippen molar-refractivity contribution in [2.24, 2.45) is 5.41 Å². The lowest BCUT2D eigenvalue weighted by atomic mass is 9.65. The molecule has 2 heterocycles. The number of carbonyl (C=O) groups excluding carboxylic acids is 2. The summed E-state index contributed by atoms with van der Waals surface area (Å²) in [7, 11) is 2.12. The molecule has 0 aromatic heterocycles. The normalized spacial score (nSPS) is 26.9. The molecule has 30 heavy (non-hydrogen) atoms. The summed E-state index contributed by atoms with van der Waals surface area (Å²) in [6.07, 6.45) is 4.56. The van der Waals surface area contributed by atoms with Crippen LogP contribution in [0.3, 0.4) is 0 Å². The van der Waals surface area contributed by atoms with Crippen LogP contribution in [0.25, 0.3) is 0 Å². The largest absolute Gasteiger partial charge is 0.445 e. The number of piperazine rings is 1. The van der Waals surface area contributed by atoms with Crippen LogP contribution in [0, 0.1) is 5.41 Å². The van der Waals surface area contributed by atoms with Crippen LogP contribution in [0.2, 0.25) is 0 Å². The van der Waals surface area contributed by atoms with E-state index in [0.717, 1.165) is 44.3 Å². The van der Waals surface area contributed by atoms with Crippen LogP contribution in [-0.4, -0.2) is 83.7 Å². The van der Waals surface area contributed by atoms with Gasteiger partial charge in [-0.3, -0.25) is 9.69 Å². The number of benzene rings is 1. The van der Waals surface area contributed by atoms with Crippen LogP contribution in [0.15, 0.2) is 30.3 Å². The molecule has 2 aliphatic heterocycles. The molecule has 2 saturated heterocycles. The van der Waals surface area contributed by atoms with Gasteiger partial charge in [0.15, 0.2) is 0 Å². The van der Waals surface area contributed by atoms with Crippen molar-refractivity contribution in [2.75, 3.05) is 46.3 Å². The molecule has 2 amide bonds. The number of piperidine rings is 1. The zero-order chi connectivity index (χ0) is 21.2. The molecule has 1 N–H and O–H groups in total. The van der Waals surface area contributed by atoms with Gasteiger partial charge in [0.25, 0.3) is 0 Å². The minimum absolute atomic E-state index is 0.0105. The minimum atomic E-state index is -0.846. The maximum atomic E-state index is 12.8. The number of hydrogen-bond acceptors (Lipinski definition) is 5. The average molecular weight is 416 g/mol. The molecule has 164 valence electrons. The highest BCUT2D eigenvalue weighted by atomic mass is 16.6. The van der Waals surface area contributed by atoms with Gasteiger partial charge in [0, 0.05) is 31.6 Å². The molecular formula is C23H33N3O4. The highest BCUT2D eigenvalue weighted by molar-refractivity contribution is 5.83. The number of amides is 2. The first-order valence-corrected chi connectivity index (χ1v) is 11.1. The first-order chi connectivity index (χ1) is 14.4. The van der Waals surface area contributed by atoms with E-state index in [1.54, 1.807) is 4.90 Å². The van der Waals surface area contributed by atoms with Crippen LogP contribution in [0.5, 0.6) is 0 Å². The average Bonchev–Trinajstić information content (AvgIpc) is 3.21. The van der Waals surface area contributed by atoms with Crippen molar-refractivity contribution >= 4 is 12.0 Å². The number of aliphatic hydroxyl groups is 1. The number of nitrogens with zero attached hydrogens (tertiary/aromatic N) is 3. The molecule has 1 aromatic rings. The maximum absolute atomic E-state index is 12.8. The topological polar surface area (TPSA) is 73.3 Å². The molecule has 1 unspecified atom stereocenters. The van der Waals surface area contributed by atoms with Crippen LogP contribution >= 0.6 is 0 Å². The van der Waals surface area contributed by atoms with E-state index >= 15 is 0 Å². The Kier molecular flexibility index (Phi) is 6.02. The van der Waals surface area contributed by atoms with Gasteiger partial charge < -0.3 is 19.6 Å². The number of β-amino-alcohol motifs (C(OH)–C–C–N with tert-alkyl or cyclic N) is 1. The molecule has 0 bridgehead atoms. The lowest BCUT2D eigenvalue weighted by Gasteiger charge is -2.53. The Hall–Kier alpha value is -2.12. The molecule has 1 aliphatic carbocycles. The Bertz CT molecular complexity index is 765. The molecule has 7 nitrogen and oxygen atoms in total. The Morgan fingerprint density at radius 3 is 2.53 bits per heavy atom.